The van der Waals surface area contributed by atoms with E-state index in [0.29, 0.717) is 12.1 Å². The van der Waals surface area contributed by atoms with Crippen LogP contribution in [0.25, 0.3) is 5.57 Å². The van der Waals surface area contributed by atoms with Crippen LogP contribution in [0.5, 0.6) is 5.75 Å². The number of aromatic nitrogens is 1. The summed E-state index contributed by atoms with van der Waals surface area (Å²) in [7, 11) is 0. The standard InChI is InChI=1S/C10H11N.C6H3N3O7/c1-3-6-9(2)10-7-4-5-8-11-10;10-6-4(8(13)14)1-3(7(11)12)2-5(6)9(15)16/h3-8H,1H2,2H3;1-2,10H. The van der Waals surface area contributed by atoms with Gasteiger partial charge in [-0.3, -0.25) is 35.3 Å². The number of hydrogen-bond donors (Lipinski definition) is 1. The van der Waals surface area contributed by atoms with Crippen LogP contribution in [0.15, 0.2) is 55.3 Å². The second-order valence-electron chi connectivity index (χ2n) is 4.90. The molecule has 140 valence electrons. The van der Waals surface area contributed by atoms with Crippen molar-refractivity contribution in [2.75, 3.05) is 0 Å². The van der Waals surface area contributed by atoms with Gasteiger partial charge in [0.25, 0.3) is 11.4 Å². The highest BCUT2D eigenvalue weighted by atomic mass is 16.6. The minimum atomic E-state index is -1.21. The third-order valence-electron chi connectivity index (χ3n) is 3.10. The van der Waals surface area contributed by atoms with Gasteiger partial charge in [0.1, 0.15) is 0 Å². The summed E-state index contributed by atoms with van der Waals surface area (Å²) in [6.07, 6.45) is 5.50. The maximum atomic E-state index is 10.4. The summed E-state index contributed by atoms with van der Waals surface area (Å²) < 4.78 is 0. The minimum absolute atomic E-state index is 0.447. The largest absolute Gasteiger partial charge is 0.497 e. The van der Waals surface area contributed by atoms with Crippen molar-refractivity contribution in [3.8, 4) is 5.75 Å². The second-order valence-corrected chi connectivity index (χ2v) is 4.90. The monoisotopic (exact) mass is 374 g/mol. The molecule has 2 rings (SSSR count). The van der Waals surface area contributed by atoms with Crippen molar-refractivity contribution in [1.29, 1.82) is 0 Å². The molecule has 0 saturated carbocycles. The summed E-state index contributed by atoms with van der Waals surface area (Å²) in [5.74, 6) is -1.21. The first-order valence-electron chi connectivity index (χ1n) is 7.20. The number of nitrogens with zero attached hydrogens (tertiary/aromatic N) is 4. The van der Waals surface area contributed by atoms with E-state index in [2.05, 4.69) is 11.6 Å². The first-order valence-corrected chi connectivity index (χ1v) is 7.20. The summed E-state index contributed by atoms with van der Waals surface area (Å²) in [5.41, 5.74) is -0.856. The van der Waals surface area contributed by atoms with Crippen LogP contribution in [-0.2, 0) is 0 Å². The summed E-state index contributed by atoms with van der Waals surface area (Å²) >= 11 is 0. The Morgan fingerprint density at radius 3 is 2.00 bits per heavy atom. The molecule has 11 heteroatoms. The summed E-state index contributed by atoms with van der Waals surface area (Å²) in [6.45, 7) is 5.64. The van der Waals surface area contributed by atoms with Gasteiger partial charge < -0.3 is 5.11 Å². The highest BCUT2D eigenvalue weighted by molar-refractivity contribution is 5.64. The molecule has 0 saturated heterocycles. The Labute approximate surface area is 152 Å². The van der Waals surface area contributed by atoms with Crippen molar-refractivity contribution in [2.45, 2.75) is 6.92 Å². The van der Waals surface area contributed by atoms with E-state index in [1.54, 1.807) is 12.3 Å². The lowest BCUT2D eigenvalue weighted by Gasteiger charge is -1.97. The highest BCUT2D eigenvalue weighted by Crippen LogP contribution is 2.38. The lowest BCUT2D eigenvalue weighted by molar-refractivity contribution is -0.404. The second kappa shape index (κ2) is 9.36. The molecule has 11 nitrogen and oxygen atoms in total. The first kappa shape index (κ1) is 20.9. The van der Waals surface area contributed by atoms with E-state index in [1.165, 1.54) is 0 Å². The summed E-state index contributed by atoms with van der Waals surface area (Å²) in [4.78, 5) is 31.9. The van der Waals surface area contributed by atoms with E-state index in [1.807, 2.05) is 31.2 Å². The van der Waals surface area contributed by atoms with E-state index in [-0.39, 0.29) is 0 Å². The predicted molar refractivity (Wildman–Crippen MR) is 96.2 cm³/mol. The number of hydrogen-bond acceptors (Lipinski definition) is 8. The van der Waals surface area contributed by atoms with Crippen LogP contribution in [0.4, 0.5) is 17.1 Å². The number of benzene rings is 1. The quantitative estimate of drug-likeness (QED) is 0.469. The molecule has 1 N–H and O–H groups in total. The van der Waals surface area contributed by atoms with E-state index in [0.717, 1.165) is 11.3 Å². The number of nitro groups is 3. The van der Waals surface area contributed by atoms with E-state index in [4.69, 9.17) is 5.11 Å². The van der Waals surface area contributed by atoms with Gasteiger partial charge >= 0.3 is 11.4 Å². The average Bonchev–Trinajstić information content (AvgIpc) is 2.62. The van der Waals surface area contributed by atoms with Gasteiger partial charge in [-0.25, -0.2) is 0 Å². The highest BCUT2D eigenvalue weighted by Gasteiger charge is 2.30. The zero-order chi connectivity index (χ0) is 20.6. The molecule has 2 aromatic rings. The third-order valence-corrected chi connectivity index (χ3v) is 3.10. The fourth-order valence-electron chi connectivity index (χ4n) is 1.83. The molecule has 27 heavy (non-hydrogen) atoms. The Bertz CT molecular complexity index is 875. The van der Waals surface area contributed by atoms with Gasteiger partial charge in [-0.15, -0.1) is 0 Å². The predicted octanol–water partition coefficient (Wildman–Crippen LogP) is 3.79. The van der Waals surface area contributed by atoms with Crippen LogP contribution >= 0.6 is 0 Å². The number of allylic oxidation sites excluding steroid dienone is 3. The Morgan fingerprint density at radius 2 is 1.63 bits per heavy atom. The maximum absolute atomic E-state index is 10.4. The summed E-state index contributed by atoms with van der Waals surface area (Å²) in [5, 5.41) is 40.2. The van der Waals surface area contributed by atoms with E-state index >= 15 is 0 Å². The van der Waals surface area contributed by atoms with E-state index in [9.17, 15) is 30.3 Å². The minimum Gasteiger partial charge on any atom is -0.497 e. The van der Waals surface area contributed by atoms with Crippen LogP contribution < -0.4 is 0 Å². The number of pyridine rings is 1. The molecule has 0 unspecified atom stereocenters. The molecule has 0 radical (unpaired) electrons. The molecule has 0 aliphatic carbocycles. The molecule has 0 bridgehead atoms. The molecule has 0 aliphatic rings. The number of non-ortho nitro benzene ring substituents is 1. The van der Waals surface area contributed by atoms with Crippen molar-refractivity contribution in [1.82, 2.24) is 4.98 Å². The van der Waals surface area contributed by atoms with Gasteiger partial charge in [-0.05, 0) is 24.6 Å². The first-order chi connectivity index (χ1) is 12.7. The zero-order valence-electron chi connectivity index (χ0n) is 14.0. The fourth-order valence-corrected chi connectivity index (χ4v) is 1.83. The molecule has 0 aliphatic heterocycles. The lowest BCUT2D eigenvalue weighted by atomic mass is 10.2. The fraction of sp³-hybridized carbons (Fsp3) is 0.0625. The number of rotatable bonds is 5. The molecule has 0 atom stereocenters. The smallest absolute Gasteiger partial charge is 0.324 e. The maximum Gasteiger partial charge on any atom is 0.324 e. The van der Waals surface area contributed by atoms with Gasteiger partial charge in [0.05, 0.1) is 32.6 Å². The van der Waals surface area contributed by atoms with Crippen LogP contribution in [0.2, 0.25) is 0 Å². The molecule has 0 amide bonds. The number of nitro benzene ring substituents is 3. The van der Waals surface area contributed by atoms with Crippen molar-refractivity contribution in [3.63, 3.8) is 0 Å². The van der Waals surface area contributed by atoms with Gasteiger partial charge in [-0.2, -0.15) is 0 Å². The molecule has 1 aromatic carbocycles. The Kier molecular flexibility index (Phi) is 7.25. The van der Waals surface area contributed by atoms with Crippen molar-refractivity contribution < 1.29 is 19.9 Å². The Balaban J connectivity index is 0.000000289. The van der Waals surface area contributed by atoms with Crippen LogP contribution in [0.3, 0.4) is 0 Å². The van der Waals surface area contributed by atoms with Gasteiger partial charge in [0.15, 0.2) is 0 Å². The van der Waals surface area contributed by atoms with Crippen molar-refractivity contribution >= 4 is 22.6 Å². The van der Waals surface area contributed by atoms with Gasteiger partial charge in [0, 0.05) is 6.20 Å². The molecule has 0 spiro atoms. The number of phenols is 1. The average molecular weight is 374 g/mol. The number of aromatic hydroxyl groups is 1. The molecular weight excluding hydrogens is 360 g/mol. The Morgan fingerprint density at radius 1 is 1.07 bits per heavy atom. The lowest BCUT2D eigenvalue weighted by Crippen LogP contribution is -1.97. The van der Waals surface area contributed by atoms with Crippen LogP contribution in [0, 0.1) is 30.3 Å². The molecular formula is C16H14N4O7. The molecule has 1 aromatic heterocycles. The van der Waals surface area contributed by atoms with Gasteiger partial charge in [-0.1, -0.05) is 24.8 Å². The zero-order valence-corrected chi connectivity index (χ0v) is 14.0. The van der Waals surface area contributed by atoms with E-state index < -0.39 is 37.6 Å². The third kappa shape index (κ3) is 5.70. The van der Waals surface area contributed by atoms with Crippen LogP contribution in [0.1, 0.15) is 12.6 Å². The van der Waals surface area contributed by atoms with Gasteiger partial charge in [0.2, 0.25) is 0 Å². The normalized spacial score (nSPS) is 10.3. The van der Waals surface area contributed by atoms with Crippen molar-refractivity contribution in [3.05, 3.63) is 91.3 Å². The summed E-state index contributed by atoms with van der Waals surface area (Å²) in [6, 6.07) is 6.76. The molecule has 1 heterocycles. The van der Waals surface area contributed by atoms with Crippen molar-refractivity contribution in [2.24, 2.45) is 0 Å². The topological polar surface area (TPSA) is 163 Å². The Hall–Kier alpha value is -4.15. The molecule has 0 fully saturated rings. The number of phenolic OH excluding ortho intramolecular Hbond substituents is 1. The van der Waals surface area contributed by atoms with Crippen LogP contribution in [-0.4, -0.2) is 24.9 Å². The SMILES string of the molecule is C=CC=C(C)c1ccccn1.O=[N+]([O-])c1cc([N+](=O)[O-])c(O)c([N+](=O)[O-])c1.